The fourth-order valence-corrected chi connectivity index (χ4v) is 2.71. The molecule has 1 aromatic carbocycles. The molecule has 1 unspecified atom stereocenters. The van der Waals surface area contributed by atoms with Gasteiger partial charge in [0.05, 0.1) is 24.9 Å². The van der Waals surface area contributed by atoms with Crippen LogP contribution in [0.3, 0.4) is 0 Å². The van der Waals surface area contributed by atoms with Crippen LogP contribution in [0.15, 0.2) is 33.6 Å². The second-order valence-corrected chi connectivity index (χ2v) is 6.78. The molecule has 17 heavy (non-hydrogen) atoms. The van der Waals surface area contributed by atoms with Crippen LogP contribution in [0.5, 0.6) is 0 Å². The molecule has 0 bridgehead atoms. The summed E-state index contributed by atoms with van der Waals surface area (Å²) < 4.78 is 12.6. The Morgan fingerprint density at radius 1 is 1.35 bits per heavy atom. The van der Waals surface area contributed by atoms with Crippen LogP contribution in [0.2, 0.25) is 0 Å². The summed E-state index contributed by atoms with van der Waals surface area (Å²) in [7, 11) is 0. The van der Waals surface area contributed by atoms with Crippen LogP contribution >= 0.6 is 27.7 Å². The maximum Gasteiger partial charge on any atom is 0.0903 e. The summed E-state index contributed by atoms with van der Waals surface area (Å²) in [4.78, 5) is 1.27. The van der Waals surface area contributed by atoms with E-state index in [-0.39, 0.29) is 11.7 Å². The molecule has 4 heteroatoms. The third-order valence-electron chi connectivity index (χ3n) is 2.58. The number of ether oxygens (including phenoxy) is 2. The van der Waals surface area contributed by atoms with E-state index in [2.05, 4.69) is 54.0 Å². The predicted molar refractivity (Wildman–Crippen MR) is 74.6 cm³/mol. The van der Waals surface area contributed by atoms with Gasteiger partial charge in [0.15, 0.2) is 0 Å². The smallest absolute Gasteiger partial charge is 0.0903 e. The summed E-state index contributed by atoms with van der Waals surface area (Å²) in [6, 6.07) is 8.35. The lowest BCUT2D eigenvalue weighted by molar-refractivity contribution is -0.167. The van der Waals surface area contributed by atoms with Crippen molar-refractivity contribution in [3.8, 4) is 0 Å². The Kier molecular flexibility index (Phi) is 4.53. The van der Waals surface area contributed by atoms with Crippen molar-refractivity contribution in [1.29, 1.82) is 0 Å². The van der Waals surface area contributed by atoms with Crippen LogP contribution in [0, 0.1) is 0 Å². The van der Waals surface area contributed by atoms with E-state index < -0.39 is 0 Å². The lowest BCUT2D eigenvalue weighted by Crippen LogP contribution is -2.43. The van der Waals surface area contributed by atoms with Gasteiger partial charge in [-0.05, 0) is 38.1 Å². The second-order valence-electron chi connectivity index (χ2n) is 4.77. The van der Waals surface area contributed by atoms with Crippen LogP contribution < -0.4 is 0 Å². The van der Waals surface area contributed by atoms with Crippen LogP contribution in [-0.4, -0.2) is 30.7 Å². The molecule has 1 aliphatic heterocycles. The van der Waals surface area contributed by atoms with E-state index >= 15 is 0 Å². The van der Waals surface area contributed by atoms with E-state index in [1.807, 2.05) is 11.8 Å². The first-order valence-corrected chi connectivity index (χ1v) is 7.47. The molecule has 94 valence electrons. The Morgan fingerprint density at radius 2 is 2.06 bits per heavy atom. The predicted octanol–water partition coefficient (Wildman–Crippen LogP) is 3.74. The Bertz CT molecular complexity index is 354. The van der Waals surface area contributed by atoms with Gasteiger partial charge in [-0.25, -0.2) is 0 Å². The number of hydrogen-bond donors (Lipinski definition) is 0. The van der Waals surface area contributed by atoms with Crippen molar-refractivity contribution in [1.82, 2.24) is 0 Å². The van der Waals surface area contributed by atoms with Crippen molar-refractivity contribution in [2.45, 2.75) is 30.4 Å². The SMILES string of the molecule is CC1(C)COC(CSc2ccc(Br)cc2)CO1. The average Bonchev–Trinajstić information content (AvgIpc) is 2.30. The number of hydrogen-bond acceptors (Lipinski definition) is 3. The first kappa shape index (κ1) is 13.4. The molecule has 0 saturated carbocycles. The summed E-state index contributed by atoms with van der Waals surface area (Å²) in [5.41, 5.74) is -0.126. The molecule has 1 aliphatic rings. The quantitative estimate of drug-likeness (QED) is 0.791. The Balaban J connectivity index is 1.78. The molecular weight excluding hydrogens is 300 g/mol. The highest BCUT2D eigenvalue weighted by Crippen LogP contribution is 2.25. The van der Waals surface area contributed by atoms with Crippen LogP contribution in [0.25, 0.3) is 0 Å². The summed E-state index contributed by atoms with van der Waals surface area (Å²) in [6.45, 7) is 5.49. The molecule has 0 amide bonds. The van der Waals surface area contributed by atoms with E-state index in [1.165, 1.54) is 4.90 Å². The summed E-state index contributed by atoms with van der Waals surface area (Å²) >= 11 is 5.24. The monoisotopic (exact) mass is 316 g/mol. The topological polar surface area (TPSA) is 18.5 Å². The van der Waals surface area contributed by atoms with Gasteiger partial charge in [0.25, 0.3) is 0 Å². The zero-order valence-corrected chi connectivity index (χ0v) is 12.5. The highest BCUT2D eigenvalue weighted by Gasteiger charge is 2.28. The van der Waals surface area contributed by atoms with Crippen LogP contribution in [0.1, 0.15) is 13.8 Å². The van der Waals surface area contributed by atoms with Gasteiger partial charge in [-0.1, -0.05) is 15.9 Å². The number of halogens is 1. The highest BCUT2D eigenvalue weighted by atomic mass is 79.9. The molecule has 0 aromatic heterocycles. The minimum atomic E-state index is -0.126. The van der Waals surface area contributed by atoms with E-state index in [0.29, 0.717) is 13.2 Å². The van der Waals surface area contributed by atoms with E-state index in [9.17, 15) is 0 Å². The van der Waals surface area contributed by atoms with E-state index in [0.717, 1.165) is 10.2 Å². The second kappa shape index (κ2) is 5.74. The fourth-order valence-electron chi connectivity index (χ4n) is 1.54. The lowest BCUT2D eigenvalue weighted by Gasteiger charge is -2.34. The molecule has 0 spiro atoms. The molecule has 1 atom stereocenters. The highest BCUT2D eigenvalue weighted by molar-refractivity contribution is 9.10. The standard InChI is InChI=1S/C13H17BrO2S/c1-13(2)9-15-11(7-16-13)8-17-12-5-3-10(14)4-6-12/h3-6,11H,7-9H2,1-2H3. The third-order valence-corrected chi connectivity index (χ3v) is 4.25. The first-order valence-electron chi connectivity index (χ1n) is 5.69. The molecular formula is C13H17BrO2S. The number of benzene rings is 1. The van der Waals surface area contributed by atoms with Crippen molar-refractivity contribution < 1.29 is 9.47 Å². The average molecular weight is 317 g/mol. The van der Waals surface area contributed by atoms with Gasteiger partial charge in [-0.2, -0.15) is 0 Å². The van der Waals surface area contributed by atoms with Crippen molar-refractivity contribution in [2.75, 3.05) is 19.0 Å². The van der Waals surface area contributed by atoms with Gasteiger partial charge in [-0.3, -0.25) is 0 Å². The molecule has 1 heterocycles. The summed E-state index contributed by atoms with van der Waals surface area (Å²) in [5, 5.41) is 0. The maximum atomic E-state index is 5.78. The number of rotatable bonds is 3. The number of thioether (sulfide) groups is 1. The molecule has 1 saturated heterocycles. The molecule has 0 aliphatic carbocycles. The largest absolute Gasteiger partial charge is 0.372 e. The normalized spacial score (nSPS) is 23.6. The third kappa shape index (κ3) is 4.28. The van der Waals surface area contributed by atoms with Crippen LogP contribution in [-0.2, 0) is 9.47 Å². The van der Waals surface area contributed by atoms with E-state index in [4.69, 9.17) is 9.47 Å². The van der Waals surface area contributed by atoms with Gasteiger partial charge in [0.2, 0.25) is 0 Å². The molecule has 2 nitrogen and oxygen atoms in total. The lowest BCUT2D eigenvalue weighted by atomic mass is 10.1. The molecule has 0 radical (unpaired) electrons. The summed E-state index contributed by atoms with van der Waals surface area (Å²) in [5.74, 6) is 0.942. The van der Waals surface area contributed by atoms with E-state index in [1.54, 1.807) is 0 Å². The maximum absolute atomic E-state index is 5.78. The Morgan fingerprint density at radius 3 is 2.65 bits per heavy atom. The molecule has 0 N–H and O–H groups in total. The molecule has 1 aromatic rings. The fraction of sp³-hybridized carbons (Fsp3) is 0.538. The molecule has 2 rings (SSSR count). The Hall–Kier alpha value is -0.0300. The zero-order chi connectivity index (χ0) is 12.3. The van der Waals surface area contributed by atoms with Gasteiger partial charge in [0, 0.05) is 15.1 Å². The van der Waals surface area contributed by atoms with Gasteiger partial charge in [-0.15, -0.1) is 11.8 Å². The van der Waals surface area contributed by atoms with Crippen molar-refractivity contribution >= 4 is 27.7 Å². The minimum absolute atomic E-state index is 0.126. The van der Waals surface area contributed by atoms with Gasteiger partial charge in [0.1, 0.15) is 0 Å². The van der Waals surface area contributed by atoms with Crippen molar-refractivity contribution in [2.24, 2.45) is 0 Å². The minimum Gasteiger partial charge on any atom is -0.372 e. The zero-order valence-electron chi connectivity index (χ0n) is 10.1. The van der Waals surface area contributed by atoms with Crippen LogP contribution in [0.4, 0.5) is 0 Å². The summed E-state index contributed by atoms with van der Waals surface area (Å²) in [6.07, 6.45) is 0.205. The van der Waals surface area contributed by atoms with Crippen molar-refractivity contribution in [3.63, 3.8) is 0 Å². The Labute approximate surface area is 115 Å². The van der Waals surface area contributed by atoms with Gasteiger partial charge < -0.3 is 9.47 Å². The molecule has 1 fully saturated rings. The van der Waals surface area contributed by atoms with Crippen molar-refractivity contribution in [3.05, 3.63) is 28.7 Å². The van der Waals surface area contributed by atoms with Gasteiger partial charge >= 0.3 is 0 Å². The first-order chi connectivity index (χ1) is 8.05.